The van der Waals surface area contributed by atoms with E-state index in [-0.39, 0.29) is 17.1 Å². The maximum absolute atomic E-state index is 10.1. The van der Waals surface area contributed by atoms with Crippen LogP contribution in [0.15, 0.2) is 0 Å². The minimum atomic E-state index is -0.538. The highest BCUT2D eigenvalue weighted by molar-refractivity contribution is 5.04. The molecular formula is C15H28N2O2. The second-order valence-electron chi connectivity index (χ2n) is 7.20. The highest BCUT2D eigenvalue weighted by Gasteiger charge is 2.38. The van der Waals surface area contributed by atoms with Gasteiger partial charge in [-0.3, -0.25) is 4.90 Å². The molecule has 0 aromatic heterocycles. The molecule has 2 atom stereocenters. The summed E-state index contributed by atoms with van der Waals surface area (Å²) < 4.78 is 5.59. The first-order chi connectivity index (χ1) is 8.65. The maximum Gasteiger partial charge on any atom is 0.103 e. The molecule has 0 amide bonds. The first kappa shape index (κ1) is 16.4. The lowest BCUT2D eigenvalue weighted by molar-refractivity contribution is -0.0644. The van der Waals surface area contributed by atoms with E-state index < -0.39 is 6.10 Å². The summed E-state index contributed by atoms with van der Waals surface area (Å²) in [7, 11) is 0. The standard InChI is InChI=1S/C15H28N2O2/c1-14(2,3)19-11-12(18)10-17-8-6-7-15(4,5)13(17)9-16/h12-13,18H,6-8,10-11H2,1-5H3/t12-,13-/m0/s1. The van der Waals surface area contributed by atoms with Gasteiger partial charge in [0, 0.05) is 6.54 Å². The van der Waals surface area contributed by atoms with Gasteiger partial charge in [0.05, 0.1) is 24.4 Å². The van der Waals surface area contributed by atoms with E-state index in [2.05, 4.69) is 24.8 Å². The third-order valence-electron chi connectivity index (χ3n) is 3.65. The lowest BCUT2D eigenvalue weighted by Gasteiger charge is -2.43. The minimum absolute atomic E-state index is 0.00238. The van der Waals surface area contributed by atoms with Crippen LogP contribution < -0.4 is 0 Å². The topological polar surface area (TPSA) is 56.5 Å². The van der Waals surface area contributed by atoms with Crippen molar-refractivity contribution in [1.82, 2.24) is 4.90 Å². The largest absolute Gasteiger partial charge is 0.389 e. The van der Waals surface area contributed by atoms with Crippen LogP contribution >= 0.6 is 0 Å². The fraction of sp³-hybridized carbons (Fsp3) is 0.933. The van der Waals surface area contributed by atoms with Gasteiger partial charge in [-0.05, 0) is 45.6 Å². The van der Waals surface area contributed by atoms with Crippen LogP contribution in [0.5, 0.6) is 0 Å². The molecule has 0 saturated carbocycles. The van der Waals surface area contributed by atoms with Gasteiger partial charge in [-0.1, -0.05) is 13.8 Å². The molecular weight excluding hydrogens is 240 g/mol. The van der Waals surface area contributed by atoms with Crippen LogP contribution in [-0.4, -0.2) is 47.4 Å². The number of ether oxygens (including phenoxy) is 1. The van der Waals surface area contributed by atoms with Crippen molar-refractivity contribution in [2.24, 2.45) is 5.41 Å². The zero-order chi connectivity index (χ0) is 14.7. The summed E-state index contributed by atoms with van der Waals surface area (Å²) in [4.78, 5) is 2.10. The molecule has 0 aromatic rings. The third kappa shape index (κ3) is 5.10. The summed E-state index contributed by atoms with van der Waals surface area (Å²) in [6.07, 6.45) is 1.61. The number of aliphatic hydroxyl groups is 1. The highest BCUT2D eigenvalue weighted by Crippen LogP contribution is 2.34. The summed E-state index contributed by atoms with van der Waals surface area (Å²) in [5, 5.41) is 19.4. The lowest BCUT2D eigenvalue weighted by atomic mass is 9.77. The van der Waals surface area contributed by atoms with Crippen molar-refractivity contribution in [1.29, 1.82) is 5.26 Å². The van der Waals surface area contributed by atoms with Crippen molar-refractivity contribution in [3.8, 4) is 6.07 Å². The molecule has 0 aromatic carbocycles. The molecule has 0 unspecified atom stereocenters. The van der Waals surface area contributed by atoms with Gasteiger partial charge in [-0.2, -0.15) is 5.26 Å². The van der Waals surface area contributed by atoms with Crippen LogP contribution in [0.25, 0.3) is 0 Å². The zero-order valence-corrected chi connectivity index (χ0v) is 12.9. The van der Waals surface area contributed by atoms with Crippen molar-refractivity contribution in [2.75, 3.05) is 19.7 Å². The van der Waals surface area contributed by atoms with Crippen molar-refractivity contribution < 1.29 is 9.84 Å². The molecule has 1 rings (SSSR count). The van der Waals surface area contributed by atoms with Crippen LogP contribution in [0.2, 0.25) is 0 Å². The number of likely N-dealkylation sites (tertiary alicyclic amines) is 1. The van der Waals surface area contributed by atoms with Gasteiger partial charge in [-0.15, -0.1) is 0 Å². The van der Waals surface area contributed by atoms with Gasteiger partial charge in [0.15, 0.2) is 0 Å². The Hall–Kier alpha value is -0.630. The molecule has 0 aliphatic carbocycles. The smallest absolute Gasteiger partial charge is 0.103 e. The minimum Gasteiger partial charge on any atom is -0.389 e. The van der Waals surface area contributed by atoms with Crippen molar-refractivity contribution in [3.05, 3.63) is 0 Å². The van der Waals surface area contributed by atoms with E-state index in [1.807, 2.05) is 20.8 Å². The molecule has 1 heterocycles. The quantitative estimate of drug-likeness (QED) is 0.849. The molecule has 0 spiro atoms. The summed E-state index contributed by atoms with van der Waals surface area (Å²) in [5.74, 6) is 0. The Bertz CT molecular complexity index is 328. The van der Waals surface area contributed by atoms with Crippen molar-refractivity contribution in [2.45, 2.75) is 65.2 Å². The fourth-order valence-corrected chi connectivity index (χ4v) is 2.62. The Kier molecular flexibility index (Phi) is 5.37. The molecule has 1 saturated heterocycles. The first-order valence-corrected chi connectivity index (χ1v) is 7.11. The van der Waals surface area contributed by atoms with Crippen molar-refractivity contribution >= 4 is 0 Å². The van der Waals surface area contributed by atoms with E-state index in [4.69, 9.17) is 4.74 Å². The van der Waals surface area contributed by atoms with E-state index in [9.17, 15) is 10.4 Å². The number of hydrogen-bond acceptors (Lipinski definition) is 4. The molecule has 4 heteroatoms. The normalized spacial score (nSPS) is 25.8. The average Bonchev–Trinajstić information content (AvgIpc) is 2.24. The van der Waals surface area contributed by atoms with Crippen LogP contribution in [0.3, 0.4) is 0 Å². The Morgan fingerprint density at radius 2 is 2.11 bits per heavy atom. The molecule has 1 aliphatic heterocycles. The molecule has 19 heavy (non-hydrogen) atoms. The van der Waals surface area contributed by atoms with Crippen LogP contribution in [0.4, 0.5) is 0 Å². The Labute approximate surface area is 117 Å². The number of rotatable bonds is 4. The van der Waals surface area contributed by atoms with Gasteiger partial charge in [0.2, 0.25) is 0 Å². The average molecular weight is 268 g/mol. The molecule has 110 valence electrons. The zero-order valence-electron chi connectivity index (χ0n) is 12.9. The van der Waals surface area contributed by atoms with E-state index in [1.165, 1.54) is 0 Å². The summed E-state index contributed by atoms with van der Waals surface area (Å²) >= 11 is 0. The SMILES string of the molecule is CC(C)(C)OC[C@@H](O)CN1CCCC(C)(C)[C@@H]1C#N. The van der Waals surface area contributed by atoms with E-state index in [1.54, 1.807) is 0 Å². The molecule has 1 N–H and O–H groups in total. The summed E-state index contributed by atoms with van der Waals surface area (Å²) in [6, 6.07) is 2.28. The highest BCUT2D eigenvalue weighted by atomic mass is 16.5. The number of aliphatic hydroxyl groups excluding tert-OH is 1. The Balaban J connectivity index is 2.53. The Morgan fingerprint density at radius 3 is 2.63 bits per heavy atom. The summed E-state index contributed by atoms with van der Waals surface area (Å²) in [5.41, 5.74) is -0.242. The van der Waals surface area contributed by atoms with Gasteiger partial charge >= 0.3 is 0 Å². The second-order valence-corrected chi connectivity index (χ2v) is 7.20. The number of nitriles is 1. The fourth-order valence-electron chi connectivity index (χ4n) is 2.62. The maximum atomic E-state index is 10.1. The van der Waals surface area contributed by atoms with E-state index >= 15 is 0 Å². The first-order valence-electron chi connectivity index (χ1n) is 7.11. The van der Waals surface area contributed by atoms with E-state index in [0.717, 1.165) is 19.4 Å². The molecule has 1 fully saturated rings. The number of nitrogens with zero attached hydrogens (tertiary/aromatic N) is 2. The van der Waals surface area contributed by atoms with Crippen LogP contribution in [-0.2, 0) is 4.74 Å². The summed E-state index contributed by atoms with van der Waals surface area (Å²) in [6.45, 7) is 11.9. The molecule has 0 bridgehead atoms. The van der Waals surface area contributed by atoms with Crippen LogP contribution in [0.1, 0.15) is 47.5 Å². The van der Waals surface area contributed by atoms with Crippen molar-refractivity contribution in [3.63, 3.8) is 0 Å². The molecule has 1 aliphatic rings. The second kappa shape index (κ2) is 6.21. The number of hydrogen-bond donors (Lipinski definition) is 1. The molecule has 4 nitrogen and oxygen atoms in total. The number of piperidine rings is 1. The van der Waals surface area contributed by atoms with Gasteiger partial charge < -0.3 is 9.84 Å². The Morgan fingerprint density at radius 1 is 1.47 bits per heavy atom. The van der Waals surface area contributed by atoms with E-state index in [0.29, 0.717) is 13.2 Å². The number of β-amino-alcohol motifs (C(OH)–C–C–N with tert-alkyl or cyclic N) is 1. The lowest BCUT2D eigenvalue weighted by Crippen LogP contribution is -2.52. The molecule has 0 radical (unpaired) electrons. The predicted octanol–water partition coefficient (Wildman–Crippen LogP) is 2.18. The predicted molar refractivity (Wildman–Crippen MR) is 75.7 cm³/mol. The van der Waals surface area contributed by atoms with Gasteiger partial charge in [0.25, 0.3) is 0 Å². The van der Waals surface area contributed by atoms with Crippen LogP contribution in [0, 0.1) is 16.7 Å². The monoisotopic (exact) mass is 268 g/mol. The third-order valence-corrected chi connectivity index (χ3v) is 3.65. The van der Waals surface area contributed by atoms with Gasteiger partial charge in [0.1, 0.15) is 6.04 Å². The van der Waals surface area contributed by atoms with Gasteiger partial charge in [-0.25, -0.2) is 0 Å².